The molecule has 2 amide bonds. The molecule has 1 aromatic rings. The van der Waals surface area contributed by atoms with Gasteiger partial charge >= 0.3 is 0 Å². The van der Waals surface area contributed by atoms with E-state index >= 15 is 0 Å². The Labute approximate surface area is 125 Å². The molecule has 1 unspecified atom stereocenters. The van der Waals surface area contributed by atoms with Crippen molar-refractivity contribution in [2.75, 3.05) is 18.4 Å². The fourth-order valence-electron chi connectivity index (χ4n) is 1.94. The zero-order chi connectivity index (χ0) is 15.2. The molecule has 0 spiro atoms. The van der Waals surface area contributed by atoms with E-state index in [4.69, 9.17) is 0 Å². The van der Waals surface area contributed by atoms with Crippen molar-refractivity contribution in [3.05, 3.63) is 29.8 Å². The van der Waals surface area contributed by atoms with Crippen molar-refractivity contribution < 1.29 is 9.59 Å². The third-order valence-corrected chi connectivity index (χ3v) is 3.54. The lowest BCUT2D eigenvalue weighted by Gasteiger charge is -2.14. The minimum Gasteiger partial charge on any atom is -0.355 e. The van der Waals surface area contributed by atoms with Crippen LogP contribution in [-0.2, 0) is 9.59 Å². The normalized spacial score (nSPS) is 15.3. The molecular formula is C16H23N3O2. The molecule has 0 bridgehead atoms. The first kappa shape index (κ1) is 15.5. The maximum atomic E-state index is 12.0. The second-order valence-corrected chi connectivity index (χ2v) is 5.60. The van der Waals surface area contributed by atoms with Gasteiger partial charge in [0.2, 0.25) is 11.8 Å². The first-order chi connectivity index (χ1) is 10.1. The van der Waals surface area contributed by atoms with Gasteiger partial charge < -0.3 is 16.0 Å². The van der Waals surface area contributed by atoms with Gasteiger partial charge in [-0.05, 0) is 38.8 Å². The van der Waals surface area contributed by atoms with Gasteiger partial charge in [0.05, 0.1) is 6.04 Å². The number of hydrogen-bond acceptors (Lipinski definition) is 3. The number of carbonyl (C=O) groups is 2. The van der Waals surface area contributed by atoms with Gasteiger partial charge in [-0.15, -0.1) is 0 Å². The molecule has 0 saturated heterocycles. The monoisotopic (exact) mass is 289 g/mol. The summed E-state index contributed by atoms with van der Waals surface area (Å²) < 4.78 is 0. The van der Waals surface area contributed by atoms with Crippen molar-refractivity contribution in [3.8, 4) is 0 Å². The number of benzene rings is 1. The van der Waals surface area contributed by atoms with Crippen LogP contribution in [0.1, 0.15) is 25.3 Å². The molecule has 1 aromatic carbocycles. The second kappa shape index (κ2) is 7.22. The summed E-state index contributed by atoms with van der Waals surface area (Å²) in [5.41, 5.74) is 1.95. The summed E-state index contributed by atoms with van der Waals surface area (Å²) in [4.78, 5) is 23.4. The van der Waals surface area contributed by atoms with Crippen LogP contribution < -0.4 is 16.0 Å². The summed E-state index contributed by atoms with van der Waals surface area (Å²) in [6.45, 7) is 4.95. The standard InChI is InChI=1S/C16H23N3O2/c1-11-3-7-14(8-4-11)19-15(20)12(2)17-9-10-18-16(21)13-5-6-13/h3-4,7-8,12-13,17H,5-6,9-10H2,1-2H3,(H,18,21)(H,19,20). The number of nitrogens with one attached hydrogen (secondary N) is 3. The summed E-state index contributed by atoms with van der Waals surface area (Å²) in [6.07, 6.45) is 2.02. The van der Waals surface area contributed by atoms with Crippen molar-refractivity contribution in [1.82, 2.24) is 10.6 Å². The van der Waals surface area contributed by atoms with Crippen LogP contribution in [0.15, 0.2) is 24.3 Å². The minimum atomic E-state index is -0.302. The van der Waals surface area contributed by atoms with Crippen LogP contribution >= 0.6 is 0 Å². The lowest BCUT2D eigenvalue weighted by atomic mass is 10.2. The third kappa shape index (κ3) is 5.19. The van der Waals surface area contributed by atoms with Crippen molar-refractivity contribution in [2.24, 2.45) is 5.92 Å². The van der Waals surface area contributed by atoms with Gasteiger partial charge in [-0.25, -0.2) is 0 Å². The van der Waals surface area contributed by atoms with Gasteiger partial charge in [0.15, 0.2) is 0 Å². The fourth-order valence-corrected chi connectivity index (χ4v) is 1.94. The predicted octanol–water partition coefficient (Wildman–Crippen LogP) is 1.44. The average molecular weight is 289 g/mol. The van der Waals surface area contributed by atoms with Crippen molar-refractivity contribution in [1.29, 1.82) is 0 Å². The molecule has 0 aliphatic heterocycles. The van der Waals surface area contributed by atoms with Gasteiger partial charge in [0, 0.05) is 24.7 Å². The highest BCUT2D eigenvalue weighted by Crippen LogP contribution is 2.28. The van der Waals surface area contributed by atoms with Crippen LogP contribution in [0, 0.1) is 12.8 Å². The first-order valence-corrected chi connectivity index (χ1v) is 7.45. The predicted molar refractivity (Wildman–Crippen MR) is 83.0 cm³/mol. The highest BCUT2D eigenvalue weighted by Gasteiger charge is 2.29. The molecule has 0 heterocycles. The quantitative estimate of drug-likeness (QED) is 0.665. The minimum absolute atomic E-state index is 0.0765. The average Bonchev–Trinajstić information content (AvgIpc) is 3.30. The number of rotatable bonds is 7. The van der Waals surface area contributed by atoms with E-state index in [0.29, 0.717) is 13.1 Å². The smallest absolute Gasteiger partial charge is 0.241 e. The zero-order valence-electron chi connectivity index (χ0n) is 12.6. The van der Waals surface area contributed by atoms with Crippen LogP contribution in [0.4, 0.5) is 5.69 Å². The third-order valence-electron chi connectivity index (χ3n) is 3.54. The largest absolute Gasteiger partial charge is 0.355 e. The van der Waals surface area contributed by atoms with Gasteiger partial charge in [-0.1, -0.05) is 17.7 Å². The van der Waals surface area contributed by atoms with Crippen LogP contribution in [-0.4, -0.2) is 30.9 Å². The molecule has 21 heavy (non-hydrogen) atoms. The molecule has 1 atom stereocenters. The SMILES string of the molecule is Cc1ccc(NC(=O)C(C)NCCNC(=O)C2CC2)cc1. The molecule has 1 fully saturated rings. The molecule has 5 heteroatoms. The summed E-state index contributed by atoms with van der Waals surface area (Å²) >= 11 is 0. The number of aryl methyl sites for hydroxylation is 1. The second-order valence-electron chi connectivity index (χ2n) is 5.60. The van der Waals surface area contributed by atoms with Crippen molar-refractivity contribution in [2.45, 2.75) is 32.7 Å². The van der Waals surface area contributed by atoms with Crippen molar-refractivity contribution >= 4 is 17.5 Å². The summed E-state index contributed by atoms with van der Waals surface area (Å²) in [7, 11) is 0. The Bertz CT molecular complexity index is 495. The number of carbonyl (C=O) groups excluding carboxylic acids is 2. The molecule has 3 N–H and O–H groups in total. The lowest BCUT2D eigenvalue weighted by molar-refractivity contribution is -0.122. The number of hydrogen-bond donors (Lipinski definition) is 3. The van der Waals surface area contributed by atoms with E-state index in [9.17, 15) is 9.59 Å². The number of amides is 2. The molecule has 1 aliphatic carbocycles. The van der Waals surface area contributed by atoms with E-state index in [-0.39, 0.29) is 23.8 Å². The van der Waals surface area contributed by atoms with Crippen LogP contribution in [0.25, 0.3) is 0 Å². The molecule has 1 aliphatic rings. The lowest BCUT2D eigenvalue weighted by Crippen LogP contribution is -2.42. The summed E-state index contributed by atoms with van der Waals surface area (Å²) in [5, 5.41) is 8.82. The Balaban J connectivity index is 1.64. The highest BCUT2D eigenvalue weighted by atomic mass is 16.2. The Morgan fingerprint density at radius 1 is 1.19 bits per heavy atom. The Kier molecular flexibility index (Phi) is 5.33. The van der Waals surface area contributed by atoms with Gasteiger partial charge in [-0.3, -0.25) is 9.59 Å². The van der Waals surface area contributed by atoms with E-state index in [1.54, 1.807) is 0 Å². The number of anilines is 1. The van der Waals surface area contributed by atoms with Gasteiger partial charge in [0.25, 0.3) is 0 Å². The zero-order valence-corrected chi connectivity index (χ0v) is 12.6. The Hall–Kier alpha value is -1.88. The molecule has 0 aromatic heterocycles. The van der Waals surface area contributed by atoms with Crippen LogP contribution in [0.5, 0.6) is 0 Å². The van der Waals surface area contributed by atoms with Crippen LogP contribution in [0.2, 0.25) is 0 Å². The highest BCUT2D eigenvalue weighted by molar-refractivity contribution is 5.94. The summed E-state index contributed by atoms with van der Waals surface area (Å²) in [6, 6.07) is 7.39. The van der Waals surface area contributed by atoms with E-state index < -0.39 is 0 Å². The first-order valence-electron chi connectivity index (χ1n) is 7.45. The van der Waals surface area contributed by atoms with E-state index in [1.807, 2.05) is 38.1 Å². The molecule has 114 valence electrons. The van der Waals surface area contributed by atoms with E-state index in [2.05, 4.69) is 16.0 Å². The molecule has 2 rings (SSSR count). The Morgan fingerprint density at radius 3 is 2.48 bits per heavy atom. The Morgan fingerprint density at radius 2 is 1.86 bits per heavy atom. The van der Waals surface area contributed by atoms with Gasteiger partial charge in [0.1, 0.15) is 0 Å². The van der Waals surface area contributed by atoms with E-state index in [1.165, 1.54) is 0 Å². The maximum absolute atomic E-state index is 12.0. The summed E-state index contributed by atoms with van der Waals surface area (Å²) in [5.74, 6) is 0.285. The molecular weight excluding hydrogens is 266 g/mol. The van der Waals surface area contributed by atoms with Crippen LogP contribution in [0.3, 0.4) is 0 Å². The molecule has 5 nitrogen and oxygen atoms in total. The van der Waals surface area contributed by atoms with E-state index in [0.717, 1.165) is 24.1 Å². The molecule has 1 saturated carbocycles. The van der Waals surface area contributed by atoms with Gasteiger partial charge in [-0.2, -0.15) is 0 Å². The molecule has 0 radical (unpaired) electrons. The van der Waals surface area contributed by atoms with Crippen molar-refractivity contribution in [3.63, 3.8) is 0 Å². The fraction of sp³-hybridized carbons (Fsp3) is 0.500. The topological polar surface area (TPSA) is 70.2 Å². The maximum Gasteiger partial charge on any atom is 0.241 e.